The molecule has 100 valence electrons. The van der Waals surface area contributed by atoms with Crippen LogP contribution in [0.15, 0.2) is 18.3 Å². The van der Waals surface area contributed by atoms with Crippen LogP contribution < -0.4 is 5.32 Å². The van der Waals surface area contributed by atoms with Crippen LogP contribution in [-0.2, 0) is 0 Å². The third-order valence-corrected chi connectivity index (χ3v) is 4.08. The number of hydrogen-bond acceptors (Lipinski definition) is 4. The summed E-state index contributed by atoms with van der Waals surface area (Å²) in [5.74, 6) is 0.0303. The van der Waals surface area contributed by atoms with E-state index in [1.54, 1.807) is 6.20 Å². The van der Waals surface area contributed by atoms with Crippen molar-refractivity contribution in [2.24, 2.45) is 0 Å². The molecule has 0 atom stereocenters. The van der Waals surface area contributed by atoms with E-state index in [1.807, 2.05) is 0 Å². The molecule has 1 N–H and O–H groups in total. The van der Waals surface area contributed by atoms with Crippen LogP contribution in [0.25, 0.3) is 0 Å². The lowest BCUT2D eigenvalue weighted by molar-refractivity contribution is 0.102. The third-order valence-electron chi connectivity index (χ3n) is 2.37. The number of halogens is 2. The van der Waals surface area contributed by atoms with Gasteiger partial charge in [0.05, 0.1) is 5.56 Å². The van der Waals surface area contributed by atoms with E-state index in [0.29, 0.717) is 11.0 Å². The minimum absolute atomic E-state index is 0.0747. The molecule has 0 aliphatic heterocycles. The second-order valence-corrected chi connectivity index (χ2v) is 5.96. The number of anilines is 1. The molecule has 0 spiro atoms. The Kier molecular flexibility index (Phi) is 4.39. The zero-order chi connectivity index (χ0) is 14.0. The van der Waals surface area contributed by atoms with Crippen molar-refractivity contribution in [2.45, 2.75) is 19.8 Å². The van der Waals surface area contributed by atoms with Crippen molar-refractivity contribution in [3.05, 3.63) is 39.1 Å². The van der Waals surface area contributed by atoms with Gasteiger partial charge in [-0.15, -0.1) is 11.3 Å². The Bertz CT molecular complexity index is 613. The van der Waals surface area contributed by atoms with Crippen molar-refractivity contribution in [3.8, 4) is 0 Å². The van der Waals surface area contributed by atoms with Gasteiger partial charge in [-0.2, -0.15) is 0 Å². The molecule has 19 heavy (non-hydrogen) atoms. The molecule has 2 heterocycles. The van der Waals surface area contributed by atoms with Gasteiger partial charge >= 0.3 is 0 Å². The molecule has 1 amide bonds. The fourth-order valence-electron chi connectivity index (χ4n) is 1.36. The predicted molar refractivity (Wildman–Crippen MR) is 78.4 cm³/mol. The number of thiazole rings is 1. The molecular formula is C12H11Cl2N3OS. The molecule has 7 heteroatoms. The number of nitrogens with zero attached hydrogens (tertiary/aromatic N) is 2. The Hall–Kier alpha value is -1.17. The summed E-state index contributed by atoms with van der Waals surface area (Å²) in [7, 11) is 0. The summed E-state index contributed by atoms with van der Waals surface area (Å²) >= 11 is 13.0. The van der Waals surface area contributed by atoms with Crippen LogP contribution in [0, 0.1) is 0 Å². The van der Waals surface area contributed by atoms with Crippen LogP contribution in [0.2, 0.25) is 10.3 Å². The highest BCUT2D eigenvalue weighted by molar-refractivity contribution is 7.15. The lowest BCUT2D eigenvalue weighted by atomic mass is 10.2. The van der Waals surface area contributed by atoms with Gasteiger partial charge in [-0.05, 0) is 18.1 Å². The van der Waals surface area contributed by atoms with Gasteiger partial charge in [0.1, 0.15) is 10.3 Å². The first-order chi connectivity index (χ1) is 8.97. The van der Waals surface area contributed by atoms with Gasteiger partial charge in [0.15, 0.2) is 5.13 Å². The van der Waals surface area contributed by atoms with E-state index in [1.165, 1.54) is 23.5 Å². The molecule has 0 aliphatic carbocycles. The first-order valence-corrected chi connectivity index (χ1v) is 7.13. The lowest BCUT2D eigenvalue weighted by Gasteiger charge is -2.03. The van der Waals surface area contributed by atoms with Crippen LogP contribution in [0.3, 0.4) is 0 Å². The van der Waals surface area contributed by atoms with Gasteiger partial charge in [0, 0.05) is 11.1 Å². The van der Waals surface area contributed by atoms with Crippen LogP contribution in [0.4, 0.5) is 5.13 Å². The van der Waals surface area contributed by atoms with E-state index >= 15 is 0 Å². The summed E-state index contributed by atoms with van der Waals surface area (Å²) in [6.07, 6.45) is 1.76. The molecule has 4 nitrogen and oxygen atoms in total. The molecule has 0 aromatic carbocycles. The van der Waals surface area contributed by atoms with Gasteiger partial charge in [-0.25, -0.2) is 9.97 Å². The van der Waals surface area contributed by atoms with Gasteiger partial charge in [-0.1, -0.05) is 37.0 Å². The zero-order valence-corrected chi connectivity index (χ0v) is 12.6. The van der Waals surface area contributed by atoms with Gasteiger partial charge < -0.3 is 0 Å². The summed E-state index contributed by atoms with van der Waals surface area (Å²) in [5.41, 5.74) is 0.271. The maximum absolute atomic E-state index is 12.0. The SMILES string of the molecule is CC(C)c1cnc(NC(=O)c2ccc(Cl)nc2Cl)s1. The number of carbonyl (C=O) groups is 1. The van der Waals surface area contributed by atoms with Crippen LogP contribution >= 0.6 is 34.5 Å². The maximum Gasteiger partial charge on any atom is 0.260 e. The average Bonchev–Trinajstić information content (AvgIpc) is 2.77. The van der Waals surface area contributed by atoms with Crippen LogP contribution in [0.1, 0.15) is 35.0 Å². The smallest absolute Gasteiger partial charge is 0.260 e. The molecule has 0 saturated heterocycles. The molecule has 0 aliphatic rings. The van der Waals surface area contributed by atoms with E-state index in [2.05, 4.69) is 29.1 Å². The van der Waals surface area contributed by atoms with Crippen molar-refractivity contribution < 1.29 is 4.79 Å². The highest BCUT2D eigenvalue weighted by Gasteiger charge is 2.14. The molecule has 2 aromatic heterocycles. The minimum Gasteiger partial charge on any atom is -0.298 e. The average molecular weight is 316 g/mol. The molecule has 0 fully saturated rings. The molecular weight excluding hydrogens is 305 g/mol. The fraction of sp³-hybridized carbons (Fsp3) is 0.250. The largest absolute Gasteiger partial charge is 0.298 e. The topological polar surface area (TPSA) is 54.9 Å². The Balaban J connectivity index is 2.16. The molecule has 2 rings (SSSR count). The highest BCUT2D eigenvalue weighted by atomic mass is 35.5. The second-order valence-electron chi connectivity index (χ2n) is 4.15. The number of rotatable bonds is 3. The second kappa shape index (κ2) is 5.86. The summed E-state index contributed by atoms with van der Waals surface area (Å²) < 4.78 is 0. The molecule has 0 unspecified atom stereocenters. The zero-order valence-electron chi connectivity index (χ0n) is 10.3. The van der Waals surface area contributed by atoms with Crippen LogP contribution in [-0.4, -0.2) is 15.9 Å². The van der Waals surface area contributed by atoms with Crippen molar-refractivity contribution in [1.82, 2.24) is 9.97 Å². The first-order valence-electron chi connectivity index (χ1n) is 5.56. The number of amides is 1. The number of pyridine rings is 1. The summed E-state index contributed by atoms with van der Waals surface area (Å²) in [6.45, 7) is 4.14. The predicted octanol–water partition coefficient (Wildman–Crippen LogP) is 4.22. The van der Waals surface area contributed by atoms with E-state index in [0.717, 1.165) is 4.88 Å². The van der Waals surface area contributed by atoms with Crippen molar-refractivity contribution in [1.29, 1.82) is 0 Å². The fourth-order valence-corrected chi connectivity index (χ4v) is 2.60. The van der Waals surface area contributed by atoms with Crippen LogP contribution in [0.5, 0.6) is 0 Å². The Morgan fingerprint density at radius 2 is 2.11 bits per heavy atom. The molecule has 0 saturated carbocycles. The highest BCUT2D eigenvalue weighted by Crippen LogP contribution is 2.26. The Morgan fingerprint density at radius 3 is 2.68 bits per heavy atom. The summed E-state index contributed by atoms with van der Waals surface area (Å²) in [6, 6.07) is 3.05. The van der Waals surface area contributed by atoms with E-state index in [9.17, 15) is 4.79 Å². The van der Waals surface area contributed by atoms with Crippen molar-refractivity contribution >= 4 is 45.6 Å². The monoisotopic (exact) mass is 315 g/mol. The number of carbonyl (C=O) groups excluding carboxylic acids is 1. The van der Waals surface area contributed by atoms with Crippen molar-refractivity contribution in [3.63, 3.8) is 0 Å². The van der Waals surface area contributed by atoms with Gasteiger partial charge in [0.25, 0.3) is 5.91 Å². The Morgan fingerprint density at radius 1 is 1.37 bits per heavy atom. The van der Waals surface area contributed by atoms with Gasteiger partial charge in [-0.3, -0.25) is 10.1 Å². The number of aromatic nitrogens is 2. The quantitative estimate of drug-likeness (QED) is 0.863. The number of hydrogen-bond donors (Lipinski definition) is 1. The van der Waals surface area contributed by atoms with E-state index < -0.39 is 0 Å². The normalized spacial score (nSPS) is 10.8. The molecule has 0 radical (unpaired) electrons. The molecule has 0 bridgehead atoms. The minimum atomic E-state index is -0.348. The first kappa shape index (κ1) is 14.2. The Labute approximate surface area is 124 Å². The van der Waals surface area contributed by atoms with E-state index in [4.69, 9.17) is 23.2 Å². The summed E-state index contributed by atoms with van der Waals surface area (Å²) in [5, 5.41) is 3.56. The van der Waals surface area contributed by atoms with E-state index in [-0.39, 0.29) is 21.8 Å². The molecule has 2 aromatic rings. The standard InChI is InChI=1S/C12H11Cl2N3OS/c1-6(2)8-5-15-12(19-8)17-11(18)7-3-4-9(13)16-10(7)14/h3-6H,1-2H3,(H,15,17,18). The number of nitrogens with one attached hydrogen (secondary N) is 1. The third kappa shape index (κ3) is 3.43. The van der Waals surface area contributed by atoms with Gasteiger partial charge in [0.2, 0.25) is 0 Å². The lowest BCUT2D eigenvalue weighted by Crippen LogP contribution is -2.12. The summed E-state index contributed by atoms with van der Waals surface area (Å²) in [4.78, 5) is 21.1. The maximum atomic E-state index is 12.0. The van der Waals surface area contributed by atoms with Crippen molar-refractivity contribution in [2.75, 3.05) is 5.32 Å².